The molecule has 2 aromatic carbocycles. The SMILES string of the molecule is Cc1cc(C)c(-c2cc(NCN(C)c3cccnc3C)cc(N3CN(C)c4cccnc43)c2)c(C)c1. The predicted octanol–water partition coefficient (Wildman–Crippen LogP) is 6.43. The molecule has 0 radical (unpaired) electrons. The van der Waals surface area contributed by atoms with Gasteiger partial charge in [-0.3, -0.25) is 4.98 Å². The van der Waals surface area contributed by atoms with Crippen molar-refractivity contribution in [2.45, 2.75) is 27.7 Å². The molecular formula is C30H34N6. The normalized spacial score (nSPS) is 12.6. The first-order valence-corrected chi connectivity index (χ1v) is 12.4. The van der Waals surface area contributed by atoms with Crippen LogP contribution < -0.4 is 20.0 Å². The third-order valence-corrected chi connectivity index (χ3v) is 6.89. The maximum absolute atomic E-state index is 4.72. The zero-order valence-electron chi connectivity index (χ0n) is 22.0. The summed E-state index contributed by atoms with van der Waals surface area (Å²) in [4.78, 5) is 15.9. The zero-order valence-corrected chi connectivity index (χ0v) is 22.0. The number of aromatic nitrogens is 2. The Labute approximate surface area is 214 Å². The molecule has 0 amide bonds. The number of rotatable bonds is 6. The molecule has 184 valence electrons. The van der Waals surface area contributed by atoms with Gasteiger partial charge in [-0.2, -0.15) is 0 Å². The van der Waals surface area contributed by atoms with Gasteiger partial charge in [-0.25, -0.2) is 4.98 Å². The summed E-state index contributed by atoms with van der Waals surface area (Å²) in [5, 5.41) is 3.67. The summed E-state index contributed by atoms with van der Waals surface area (Å²) in [6.07, 6.45) is 3.70. The Morgan fingerprint density at radius 2 is 1.64 bits per heavy atom. The molecule has 1 aliphatic heterocycles. The molecule has 0 fully saturated rings. The number of aryl methyl sites for hydroxylation is 4. The van der Waals surface area contributed by atoms with Crippen LogP contribution in [0, 0.1) is 27.7 Å². The second-order valence-electron chi connectivity index (χ2n) is 9.80. The molecule has 0 unspecified atom stereocenters. The van der Waals surface area contributed by atoms with E-state index in [1.165, 1.54) is 27.8 Å². The van der Waals surface area contributed by atoms with E-state index in [1.807, 2.05) is 31.5 Å². The third-order valence-electron chi connectivity index (χ3n) is 6.89. The fourth-order valence-corrected chi connectivity index (χ4v) is 5.28. The first-order chi connectivity index (χ1) is 17.3. The van der Waals surface area contributed by atoms with Crippen molar-refractivity contribution in [2.75, 3.05) is 47.4 Å². The highest BCUT2D eigenvalue weighted by molar-refractivity contribution is 5.84. The van der Waals surface area contributed by atoms with E-state index in [-0.39, 0.29) is 0 Å². The minimum atomic E-state index is 0.663. The van der Waals surface area contributed by atoms with Crippen LogP contribution in [0.1, 0.15) is 22.4 Å². The number of hydrogen-bond donors (Lipinski definition) is 1. The van der Waals surface area contributed by atoms with Gasteiger partial charge in [-0.05, 0) is 92.4 Å². The Kier molecular flexibility index (Phi) is 6.27. The lowest BCUT2D eigenvalue weighted by Crippen LogP contribution is -2.26. The summed E-state index contributed by atoms with van der Waals surface area (Å²) in [5.41, 5.74) is 11.8. The Balaban J connectivity index is 1.55. The van der Waals surface area contributed by atoms with Gasteiger partial charge in [0.2, 0.25) is 0 Å². The molecule has 6 nitrogen and oxygen atoms in total. The average Bonchev–Trinajstić information content (AvgIpc) is 3.19. The van der Waals surface area contributed by atoms with Crippen molar-refractivity contribution in [3.63, 3.8) is 0 Å². The molecule has 3 heterocycles. The van der Waals surface area contributed by atoms with Gasteiger partial charge in [-0.15, -0.1) is 0 Å². The highest BCUT2D eigenvalue weighted by Gasteiger charge is 2.26. The van der Waals surface area contributed by atoms with E-state index in [0.29, 0.717) is 6.67 Å². The van der Waals surface area contributed by atoms with Gasteiger partial charge in [0.05, 0.1) is 30.4 Å². The van der Waals surface area contributed by atoms with Crippen molar-refractivity contribution in [3.8, 4) is 11.1 Å². The molecule has 0 saturated carbocycles. The van der Waals surface area contributed by atoms with Crippen LogP contribution in [0.5, 0.6) is 0 Å². The van der Waals surface area contributed by atoms with E-state index >= 15 is 0 Å². The fraction of sp³-hybridized carbons (Fsp3) is 0.267. The Morgan fingerprint density at radius 3 is 2.39 bits per heavy atom. The molecule has 0 aliphatic carbocycles. The van der Waals surface area contributed by atoms with Crippen molar-refractivity contribution < 1.29 is 0 Å². The summed E-state index contributed by atoms with van der Waals surface area (Å²) in [6.45, 7) is 10.0. The molecule has 1 aliphatic rings. The molecule has 2 aromatic heterocycles. The highest BCUT2D eigenvalue weighted by Crippen LogP contribution is 2.41. The summed E-state index contributed by atoms with van der Waals surface area (Å²) in [5.74, 6) is 0.989. The van der Waals surface area contributed by atoms with Gasteiger partial charge >= 0.3 is 0 Å². The van der Waals surface area contributed by atoms with Gasteiger partial charge in [0.1, 0.15) is 0 Å². The zero-order chi connectivity index (χ0) is 25.4. The van der Waals surface area contributed by atoms with Crippen molar-refractivity contribution >= 4 is 28.6 Å². The highest BCUT2D eigenvalue weighted by atomic mass is 15.4. The van der Waals surface area contributed by atoms with Crippen LogP contribution in [0.3, 0.4) is 0 Å². The second kappa shape index (κ2) is 9.53. The smallest absolute Gasteiger partial charge is 0.158 e. The average molecular weight is 479 g/mol. The van der Waals surface area contributed by atoms with Gasteiger partial charge in [0.15, 0.2) is 5.82 Å². The molecule has 6 heteroatoms. The Hall–Kier alpha value is -4.06. The quantitative estimate of drug-likeness (QED) is 0.322. The summed E-state index contributed by atoms with van der Waals surface area (Å²) in [7, 11) is 4.20. The van der Waals surface area contributed by atoms with E-state index in [2.05, 4.69) is 102 Å². The van der Waals surface area contributed by atoms with E-state index in [4.69, 9.17) is 4.98 Å². The number of fused-ring (bicyclic) bond motifs is 1. The molecule has 0 bridgehead atoms. The predicted molar refractivity (Wildman–Crippen MR) is 152 cm³/mol. The topological polar surface area (TPSA) is 47.5 Å². The lowest BCUT2D eigenvalue weighted by Gasteiger charge is -2.24. The number of anilines is 5. The molecule has 4 aromatic rings. The Morgan fingerprint density at radius 1 is 0.917 bits per heavy atom. The van der Waals surface area contributed by atoms with Crippen molar-refractivity contribution in [1.29, 1.82) is 0 Å². The number of nitrogens with zero attached hydrogens (tertiary/aromatic N) is 5. The van der Waals surface area contributed by atoms with E-state index < -0.39 is 0 Å². The van der Waals surface area contributed by atoms with Crippen LogP contribution >= 0.6 is 0 Å². The number of hydrogen-bond acceptors (Lipinski definition) is 6. The standard InChI is InChI=1S/C30H34N6/c1-20-13-21(2)29(22(3)14-20)24-15-25(33-18-34(5)27-9-7-11-31-23(27)4)17-26(16-24)36-19-35(6)28-10-8-12-32-30(28)36/h7-17,33H,18-19H2,1-6H3. The largest absolute Gasteiger partial charge is 0.368 e. The lowest BCUT2D eigenvalue weighted by atomic mass is 9.93. The summed E-state index contributed by atoms with van der Waals surface area (Å²) in [6, 6.07) is 19.5. The van der Waals surface area contributed by atoms with Crippen molar-refractivity contribution in [2.24, 2.45) is 0 Å². The maximum atomic E-state index is 4.72. The van der Waals surface area contributed by atoms with Crippen molar-refractivity contribution in [3.05, 3.63) is 89.4 Å². The molecule has 0 spiro atoms. The minimum absolute atomic E-state index is 0.663. The van der Waals surface area contributed by atoms with Gasteiger partial charge in [-0.1, -0.05) is 17.7 Å². The van der Waals surface area contributed by atoms with Crippen LogP contribution in [-0.2, 0) is 0 Å². The van der Waals surface area contributed by atoms with Gasteiger partial charge in [0.25, 0.3) is 0 Å². The van der Waals surface area contributed by atoms with Crippen LogP contribution in [0.25, 0.3) is 11.1 Å². The maximum Gasteiger partial charge on any atom is 0.158 e. The molecular weight excluding hydrogens is 444 g/mol. The third kappa shape index (κ3) is 4.47. The van der Waals surface area contributed by atoms with Crippen LogP contribution in [0.4, 0.5) is 28.6 Å². The first-order valence-electron chi connectivity index (χ1n) is 12.4. The number of nitrogens with one attached hydrogen (secondary N) is 1. The van der Waals surface area contributed by atoms with Crippen LogP contribution in [0.2, 0.25) is 0 Å². The molecule has 36 heavy (non-hydrogen) atoms. The molecule has 5 rings (SSSR count). The van der Waals surface area contributed by atoms with Crippen LogP contribution in [0.15, 0.2) is 67.0 Å². The second-order valence-corrected chi connectivity index (χ2v) is 9.80. The Bertz CT molecular complexity index is 1390. The summed E-state index contributed by atoms with van der Waals surface area (Å²) < 4.78 is 0. The van der Waals surface area contributed by atoms with E-state index in [9.17, 15) is 0 Å². The monoisotopic (exact) mass is 478 g/mol. The minimum Gasteiger partial charge on any atom is -0.368 e. The van der Waals surface area contributed by atoms with E-state index in [0.717, 1.165) is 40.9 Å². The van der Waals surface area contributed by atoms with Gasteiger partial charge in [0, 0.05) is 37.9 Å². The number of benzene rings is 2. The molecule has 0 atom stereocenters. The summed E-state index contributed by atoms with van der Waals surface area (Å²) >= 11 is 0. The lowest BCUT2D eigenvalue weighted by molar-refractivity contribution is 0.941. The van der Waals surface area contributed by atoms with E-state index in [1.54, 1.807) is 0 Å². The fourth-order valence-electron chi connectivity index (χ4n) is 5.28. The first kappa shape index (κ1) is 23.7. The molecule has 0 saturated heterocycles. The van der Waals surface area contributed by atoms with Crippen molar-refractivity contribution in [1.82, 2.24) is 9.97 Å². The number of pyridine rings is 2. The van der Waals surface area contributed by atoms with Gasteiger partial charge < -0.3 is 20.0 Å². The van der Waals surface area contributed by atoms with Crippen LogP contribution in [-0.4, -0.2) is 37.4 Å². The molecule has 1 N–H and O–H groups in total.